The van der Waals surface area contributed by atoms with Crippen molar-refractivity contribution in [2.24, 2.45) is 0 Å². The molecule has 126 valence electrons. The normalized spacial score (nSPS) is 21.0. The summed E-state index contributed by atoms with van der Waals surface area (Å²) in [6.45, 7) is 8.88. The fraction of sp³-hybridized carbons (Fsp3) is 0.588. The lowest BCUT2D eigenvalue weighted by molar-refractivity contribution is 0.0213. The van der Waals surface area contributed by atoms with Gasteiger partial charge in [0.1, 0.15) is 5.60 Å². The van der Waals surface area contributed by atoms with Gasteiger partial charge in [-0.1, -0.05) is 15.9 Å². The molecule has 5 nitrogen and oxygen atoms in total. The highest BCUT2D eigenvalue weighted by Gasteiger charge is 2.33. The number of ether oxygens (including phenoxy) is 1. The highest BCUT2D eigenvalue weighted by Crippen LogP contribution is 2.34. The number of piperazine rings is 1. The molecule has 0 unspecified atom stereocenters. The van der Waals surface area contributed by atoms with Crippen molar-refractivity contribution in [2.45, 2.75) is 38.8 Å². The first-order chi connectivity index (χ1) is 10.8. The highest BCUT2D eigenvalue weighted by molar-refractivity contribution is 9.10. The number of halogens is 1. The maximum Gasteiger partial charge on any atom is 0.410 e. The highest BCUT2D eigenvalue weighted by atomic mass is 79.9. The minimum Gasteiger partial charge on any atom is -0.444 e. The zero-order valence-corrected chi connectivity index (χ0v) is 15.5. The summed E-state index contributed by atoms with van der Waals surface area (Å²) in [6, 6.07) is 6.67. The SMILES string of the molecule is CC(C)(C)OC(=O)N1CCN2c3ccc(Br)cc3NCC[C@H]2C1. The standard InChI is InChI=1S/C17H24BrN3O2/c1-17(2,3)23-16(22)20-8-9-21-13(11-20)6-7-19-14-10-12(18)4-5-15(14)21/h4-5,10,13,19H,6-9,11H2,1-3H3/t13-/m0/s1. The lowest BCUT2D eigenvalue weighted by Gasteiger charge is -2.42. The molecule has 2 aliphatic heterocycles. The van der Waals surface area contributed by atoms with Crippen LogP contribution in [-0.2, 0) is 4.74 Å². The molecule has 6 heteroatoms. The summed E-state index contributed by atoms with van der Waals surface area (Å²) >= 11 is 3.53. The Labute approximate surface area is 146 Å². The smallest absolute Gasteiger partial charge is 0.410 e. The van der Waals surface area contributed by atoms with Crippen LogP contribution in [0.1, 0.15) is 27.2 Å². The fourth-order valence-corrected chi connectivity index (χ4v) is 3.55. The first kappa shape index (κ1) is 16.4. The van der Waals surface area contributed by atoms with Crippen LogP contribution in [0.2, 0.25) is 0 Å². The monoisotopic (exact) mass is 381 g/mol. The van der Waals surface area contributed by atoms with Gasteiger partial charge in [0.25, 0.3) is 0 Å². The molecule has 1 aromatic rings. The molecule has 23 heavy (non-hydrogen) atoms. The van der Waals surface area contributed by atoms with E-state index in [1.165, 1.54) is 5.69 Å². The van der Waals surface area contributed by atoms with E-state index < -0.39 is 5.60 Å². The molecule has 0 saturated carbocycles. The number of nitrogens with zero attached hydrogens (tertiary/aromatic N) is 2. The van der Waals surface area contributed by atoms with E-state index >= 15 is 0 Å². The number of carbonyl (C=O) groups is 1. The Morgan fingerprint density at radius 1 is 1.35 bits per heavy atom. The Morgan fingerprint density at radius 3 is 2.87 bits per heavy atom. The maximum atomic E-state index is 12.3. The summed E-state index contributed by atoms with van der Waals surface area (Å²) < 4.78 is 6.60. The Kier molecular flexibility index (Phi) is 4.45. The number of fused-ring (bicyclic) bond motifs is 3. The second-order valence-electron chi connectivity index (χ2n) is 7.15. The van der Waals surface area contributed by atoms with Crippen molar-refractivity contribution < 1.29 is 9.53 Å². The van der Waals surface area contributed by atoms with Crippen molar-refractivity contribution in [1.29, 1.82) is 0 Å². The molecule has 3 rings (SSSR count). The molecule has 2 heterocycles. The third-order valence-corrected chi connectivity index (χ3v) is 4.69. The first-order valence-corrected chi connectivity index (χ1v) is 8.91. The van der Waals surface area contributed by atoms with Crippen LogP contribution in [0.4, 0.5) is 16.2 Å². The molecule has 0 aliphatic carbocycles. The summed E-state index contributed by atoms with van der Waals surface area (Å²) in [6.07, 6.45) is 0.802. The number of hydrogen-bond donors (Lipinski definition) is 1. The molecule has 0 radical (unpaired) electrons. The van der Waals surface area contributed by atoms with Crippen LogP contribution in [0.15, 0.2) is 22.7 Å². The second-order valence-corrected chi connectivity index (χ2v) is 8.07. The number of anilines is 2. The average molecular weight is 382 g/mol. The third-order valence-electron chi connectivity index (χ3n) is 4.20. The number of amides is 1. The number of rotatable bonds is 0. The predicted molar refractivity (Wildman–Crippen MR) is 96.2 cm³/mol. The topological polar surface area (TPSA) is 44.8 Å². The Hall–Kier alpha value is -1.43. The van der Waals surface area contributed by atoms with E-state index in [9.17, 15) is 4.79 Å². The number of nitrogens with one attached hydrogen (secondary N) is 1. The van der Waals surface area contributed by atoms with Gasteiger partial charge in [0.2, 0.25) is 0 Å². The minimum atomic E-state index is -0.446. The Balaban J connectivity index is 1.75. The van der Waals surface area contributed by atoms with Crippen molar-refractivity contribution >= 4 is 33.4 Å². The van der Waals surface area contributed by atoms with Crippen molar-refractivity contribution in [1.82, 2.24) is 4.90 Å². The third kappa shape index (κ3) is 3.74. The zero-order chi connectivity index (χ0) is 16.6. The number of carbonyl (C=O) groups excluding carboxylic acids is 1. The van der Waals surface area contributed by atoms with Crippen LogP contribution in [0.5, 0.6) is 0 Å². The fourth-order valence-electron chi connectivity index (χ4n) is 3.19. The van der Waals surface area contributed by atoms with Crippen LogP contribution >= 0.6 is 15.9 Å². The van der Waals surface area contributed by atoms with Crippen LogP contribution in [0.3, 0.4) is 0 Å². The van der Waals surface area contributed by atoms with Crippen molar-refractivity contribution in [2.75, 3.05) is 36.4 Å². The quantitative estimate of drug-likeness (QED) is 0.744. The van der Waals surface area contributed by atoms with Crippen molar-refractivity contribution in [3.63, 3.8) is 0 Å². The summed E-state index contributed by atoms with van der Waals surface area (Å²) in [5.41, 5.74) is 1.94. The van der Waals surface area contributed by atoms with Gasteiger partial charge in [-0.3, -0.25) is 0 Å². The molecular weight excluding hydrogens is 358 g/mol. The summed E-state index contributed by atoms with van der Waals surface area (Å²) in [5, 5.41) is 3.50. The van der Waals surface area contributed by atoms with E-state index in [4.69, 9.17) is 4.74 Å². The number of benzene rings is 1. The van der Waals surface area contributed by atoms with Crippen LogP contribution in [0.25, 0.3) is 0 Å². The van der Waals surface area contributed by atoms with E-state index in [2.05, 4.69) is 44.3 Å². The molecule has 1 aromatic carbocycles. The van der Waals surface area contributed by atoms with Crippen molar-refractivity contribution in [3.8, 4) is 0 Å². The first-order valence-electron chi connectivity index (χ1n) is 8.11. The zero-order valence-electron chi connectivity index (χ0n) is 13.9. The summed E-state index contributed by atoms with van der Waals surface area (Å²) in [7, 11) is 0. The molecular formula is C17H24BrN3O2. The maximum absolute atomic E-state index is 12.3. The Morgan fingerprint density at radius 2 is 2.13 bits per heavy atom. The van der Waals surface area contributed by atoms with Crippen molar-refractivity contribution in [3.05, 3.63) is 22.7 Å². The van der Waals surface area contributed by atoms with E-state index in [-0.39, 0.29) is 6.09 Å². The molecule has 0 bridgehead atoms. The molecule has 0 aromatic heterocycles. The van der Waals surface area contributed by atoms with Gasteiger partial charge < -0.3 is 19.9 Å². The average Bonchev–Trinajstić information content (AvgIpc) is 2.63. The van der Waals surface area contributed by atoms with Gasteiger partial charge in [0.05, 0.1) is 11.4 Å². The van der Waals surface area contributed by atoms with Gasteiger partial charge in [-0.2, -0.15) is 0 Å². The minimum absolute atomic E-state index is 0.203. The molecule has 2 aliphatic rings. The summed E-state index contributed by atoms with van der Waals surface area (Å²) in [5.74, 6) is 0. The van der Waals surface area contributed by atoms with Gasteiger partial charge >= 0.3 is 6.09 Å². The lowest BCUT2D eigenvalue weighted by atomic mass is 10.1. The van der Waals surface area contributed by atoms with Gasteiger partial charge in [-0.05, 0) is 45.4 Å². The van der Waals surface area contributed by atoms with E-state index in [0.29, 0.717) is 19.1 Å². The van der Waals surface area contributed by atoms with E-state index in [1.54, 1.807) is 0 Å². The molecule has 1 saturated heterocycles. The summed E-state index contributed by atoms with van der Waals surface area (Å²) in [4.78, 5) is 16.6. The lowest BCUT2D eigenvalue weighted by Crippen LogP contribution is -2.55. The van der Waals surface area contributed by atoms with Gasteiger partial charge in [-0.15, -0.1) is 0 Å². The van der Waals surface area contributed by atoms with Crippen LogP contribution in [-0.4, -0.2) is 48.8 Å². The largest absolute Gasteiger partial charge is 0.444 e. The Bertz CT molecular complexity index is 600. The molecule has 0 spiro atoms. The van der Waals surface area contributed by atoms with Crippen LogP contribution < -0.4 is 10.2 Å². The van der Waals surface area contributed by atoms with Gasteiger partial charge in [-0.25, -0.2) is 4.79 Å². The molecule has 1 atom stereocenters. The molecule has 1 N–H and O–H groups in total. The predicted octanol–water partition coefficient (Wildman–Crippen LogP) is 3.69. The molecule has 1 fully saturated rings. The van der Waals surface area contributed by atoms with E-state index in [1.807, 2.05) is 25.7 Å². The number of hydrogen-bond acceptors (Lipinski definition) is 4. The van der Waals surface area contributed by atoms with E-state index in [0.717, 1.165) is 29.7 Å². The second kappa shape index (κ2) is 6.23. The van der Waals surface area contributed by atoms with Crippen LogP contribution in [0, 0.1) is 0 Å². The van der Waals surface area contributed by atoms with Gasteiger partial charge in [0, 0.05) is 36.7 Å². The van der Waals surface area contributed by atoms with Gasteiger partial charge in [0.15, 0.2) is 0 Å². The molecule has 1 amide bonds.